The van der Waals surface area contributed by atoms with Gasteiger partial charge in [-0.3, -0.25) is 4.79 Å². The molecule has 4 nitrogen and oxygen atoms in total. The Hall–Kier alpha value is -2.33. The number of aromatic hydroxyl groups is 1. The fourth-order valence-electron chi connectivity index (χ4n) is 1.59. The summed E-state index contributed by atoms with van der Waals surface area (Å²) < 4.78 is 0. The summed E-state index contributed by atoms with van der Waals surface area (Å²) in [5.74, 6) is -0.192. The molecule has 0 radical (unpaired) electrons. The number of amides is 1. The van der Waals surface area contributed by atoms with Crippen molar-refractivity contribution in [3.05, 3.63) is 64.2 Å². The van der Waals surface area contributed by atoms with Crippen LogP contribution in [0.5, 0.6) is 5.75 Å². The molecular weight excluding hydrogens is 276 g/mol. The maximum Gasteiger partial charge on any atom is 0.272 e. The second-order valence-corrected chi connectivity index (χ2v) is 4.68. The van der Waals surface area contributed by atoms with Crippen LogP contribution in [0.2, 0.25) is 5.02 Å². The number of rotatable bonds is 3. The van der Waals surface area contributed by atoms with E-state index in [1.807, 2.05) is 13.0 Å². The van der Waals surface area contributed by atoms with E-state index in [4.69, 9.17) is 16.7 Å². The van der Waals surface area contributed by atoms with Crippen molar-refractivity contribution in [2.24, 2.45) is 5.10 Å². The Morgan fingerprint density at radius 1 is 1.25 bits per heavy atom. The van der Waals surface area contributed by atoms with Gasteiger partial charge in [0.1, 0.15) is 5.75 Å². The Labute approximate surface area is 121 Å². The SMILES string of the molecule is Cc1ccc(C(=O)NN=Cc2ccc(O)cc2)c(Cl)c1. The zero-order chi connectivity index (χ0) is 14.5. The van der Waals surface area contributed by atoms with Gasteiger partial charge in [-0.25, -0.2) is 5.43 Å². The maximum absolute atomic E-state index is 11.9. The minimum Gasteiger partial charge on any atom is -0.508 e. The van der Waals surface area contributed by atoms with Gasteiger partial charge in [-0.15, -0.1) is 0 Å². The third-order valence-electron chi connectivity index (χ3n) is 2.64. The van der Waals surface area contributed by atoms with Crippen LogP contribution in [-0.2, 0) is 0 Å². The summed E-state index contributed by atoms with van der Waals surface area (Å²) in [4.78, 5) is 11.9. The van der Waals surface area contributed by atoms with Crippen LogP contribution >= 0.6 is 11.6 Å². The van der Waals surface area contributed by atoms with Crippen LogP contribution in [0.25, 0.3) is 0 Å². The zero-order valence-corrected chi connectivity index (χ0v) is 11.6. The van der Waals surface area contributed by atoms with Gasteiger partial charge in [0.25, 0.3) is 5.91 Å². The standard InChI is InChI=1S/C15H13ClN2O2/c1-10-2-7-13(14(16)8-10)15(20)18-17-9-11-3-5-12(19)6-4-11/h2-9,19H,1H3,(H,18,20). The molecule has 1 amide bonds. The fourth-order valence-corrected chi connectivity index (χ4v) is 1.91. The molecule has 2 N–H and O–H groups in total. The molecule has 0 aromatic heterocycles. The van der Waals surface area contributed by atoms with Crippen LogP contribution in [-0.4, -0.2) is 17.2 Å². The van der Waals surface area contributed by atoms with Crippen molar-refractivity contribution in [1.29, 1.82) is 0 Å². The van der Waals surface area contributed by atoms with Gasteiger partial charge in [-0.2, -0.15) is 5.10 Å². The topological polar surface area (TPSA) is 61.7 Å². The summed E-state index contributed by atoms with van der Waals surface area (Å²) in [6.45, 7) is 1.90. The molecule has 0 saturated heterocycles. The quantitative estimate of drug-likeness (QED) is 0.673. The summed E-state index contributed by atoms with van der Waals surface area (Å²) in [6, 6.07) is 11.6. The Bertz CT molecular complexity index is 651. The maximum atomic E-state index is 11.9. The summed E-state index contributed by atoms with van der Waals surface area (Å²) in [6.07, 6.45) is 1.49. The fraction of sp³-hybridized carbons (Fsp3) is 0.0667. The number of halogens is 1. The van der Waals surface area contributed by atoms with E-state index < -0.39 is 0 Å². The van der Waals surface area contributed by atoms with Crippen LogP contribution in [0.3, 0.4) is 0 Å². The van der Waals surface area contributed by atoms with Crippen molar-refractivity contribution < 1.29 is 9.90 Å². The van der Waals surface area contributed by atoms with Crippen molar-refractivity contribution in [2.75, 3.05) is 0 Å². The molecular formula is C15H13ClN2O2. The molecule has 0 unspecified atom stereocenters. The number of nitrogens with one attached hydrogen (secondary N) is 1. The first-order chi connectivity index (χ1) is 9.56. The lowest BCUT2D eigenvalue weighted by Gasteiger charge is -2.03. The predicted octanol–water partition coefficient (Wildman–Crippen LogP) is 3.12. The number of carbonyl (C=O) groups excluding carboxylic acids is 1. The molecule has 0 fully saturated rings. The molecule has 0 saturated carbocycles. The zero-order valence-electron chi connectivity index (χ0n) is 10.8. The van der Waals surface area contributed by atoms with Crippen molar-refractivity contribution in [3.63, 3.8) is 0 Å². The third-order valence-corrected chi connectivity index (χ3v) is 2.95. The monoisotopic (exact) mass is 288 g/mol. The van der Waals surface area contributed by atoms with Crippen LogP contribution in [0.1, 0.15) is 21.5 Å². The molecule has 0 aliphatic rings. The first kappa shape index (κ1) is 14.1. The molecule has 2 aromatic rings. The molecule has 20 heavy (non-hydrogen) atoms. The number of nitrogens with zero attached hydrogens (tertiary/aromatic N) is 1. The molecule has 5 heteroatoms. The Morgan fingerprint density at radius 3 is 2.60 bits per heavy atom. The summed E-state index contributed by atoms with van der Waals surface area (Å²) in [5.41, 5.74) is 4.53. The van der Waals surface area contributed by atoms with Crippen molar-refractivity contribution in [3.8, 4) is 5.75 Å². The normalized spacial score (nSPS) is 10.7. The van der Waals surface area contributed by atoms with Crippen LogP contribution < -0.4 is 5.43 Å². The minimum atomic E-state index is -0.370. The van der Waals surface area contributed by atoms with E-state index >= 15 is 0 Å². The van der Waals surface area contributed by atoms with Gasteiger partial charge in [0, 0.05) is 0 Å². The Balaban J connectivity index is 2.03. The van der Waals surface area contributed by atoms with Gasteiger partial charge in [-0.05, 0) is 54.4 Å². The summed E-state index contributed by atoms with van der Waals surface area (Å²) in [7, 11) is 0. The van der Waals surface area contributed by atoms with Gasteiger partial charge < -0.3 is 5.11 Å². The lowest BCUT2D eigenvalue weighted by Crippen LogP contribution is -2.18. The average molecular weight is 289 g/mol. The number of hydrazone groups is 1. The highest BCUT2D eigenvalue weighted by molar-refractivity contribution is 6.33. The molecule has 0 spiro atoms. The van der Waals surface area contributed by atoms with E-state index in [2.05, 4.69) is 10.5 Å². The smallest absolute Gasteiger partial charge is 0.272 e. The van der Waals surface area contributed by atoms with Crippen molar-refractivity contribution >= 4 is 23.7 Å². The number of carbonyl (C=O) groups is 1. The Morgan fingerprint density at radius 2 is 1.95 bits per heavy atom. The predicted molar refractivity (Wildman–Crippen MR) is 79.4 cm³/mol. The van der Waals surface area contributed by atoms with Gasteiger partial charge in [0.2, 0.25) is 0 Å². The second-order valence-electron chi connectivity index (χ2n) is 4.27. The molecule has 0 bridgehead atoms. The summed E-state index contributed by atoms with van der Waals surface area (Å²) in [5, 5.41) is 13.4. The van der Waals surface area contributed by atoms with Gasteiger partial charge in [0.15, 0.2) is 0 Å². The number of phenols is 1. The number of benzene rings is 2. The van der Waals surface area contributed by atoms with Crippen LogP contribution in [0.4, 0.5) is 0 Å². The first-order valence-corrected chi connectivity index (χ1v) is 6.32. The van der Waals surface area contributed by atoms with E-state index in [0.717, 1.165) is 11.1 Å². The highest BCUT2D eigenvalue weighted by atomic mass is 35.5. The Kier molecular flexibility index (Phi) is 4.38. The van der Waals surface area contributed by atoms with E-state index in [1.165, 1.54) is 6.21 Å². The summed E-state index contributed by atoms with van der Waals surface area (Å²) >= 11 is 6.00. The lowest BCUT2D eigenvalue weighted by molar-refractivity contribution is 0.0955. The highest BCUT2D eigenvalue weighted by Gasteiger charge is 2.08. The van der Waals surface area contributed by atoms with Gasteiger partial charge in [0.05, 0.1) is 16.8 Å². The molecule has 2 rings (SSSR count). The van der Waals surface area contributed by atoms with Gasteiger partial charge in [-0.1, -0.05) is 17.7 Å². The number of phenolic OH excluding ortho intramolecular Hbond substituents is 1. The van der Waals surface area contributed by atoms with Crippen LogP contribution in [0.15, 0.2) is 47.6 Å². The molecule has 0 aliphatic carbocycles. The van der Waals surface area contributed by atoms with E-state index in [9.17, 15) is 4.79 Å². The van der Waals surface area contributed by atoms with Crippen molar-refractivity contribution in [1.82, 2.24) is 5.43 Å². The largest absolute Gasteiger partial charge is 0.508 e. The molecule has 0 heterocycles. The van der Waals surface area contributed by atoms with Gasteiger partial charge >= 0.3 is 0 Å². The second kappa shape index (κ2) is 6.21. The van der Waals surface area contributed by atoms with Crippen LogP contribution in [0, 0.1) is 6.92 Å². The molecule has 0 atom stereocenters. The molecule has 102 valence electrons. The number of aryl methyl sites for hydroxylation is 1. The first-order valence-electron chi connectivity index (χ1n) is 5.95. The van der Waals surface area contributed by atoms with Crippen molar-refractivity contribution in [2.45, 2.75) is 6.92 Å². The average Bonchev–Trinajstić information content (AvgIpc) is 2.41. The number of hydrogen-bond acceptors (Lipinski definition) is 3. The highest BCUT2D eigenvalue weighted by Crippen LogP contribution is 2.17. The van der Waals surface area contributed by atoms with E-state index in [-0.39, 0.29) is 11.7 Å². The lowest BCUT2D eigenvalue weighted by atomic mass is 10.1. The number of hydrogen-bond donors (Lipinski definition) is 2. The molecule has 2 aromatic carbocycles. The third kappa shape index (κ3) is 3.59. The minimum absolute atomic E-state index is 0.178. The molecule has 0 aliphatic heterocycles. The van der Waals surface area contributed by atoms with E-state index in [1.54, 1.807) is 36.4 Å². The van der Waals surface area contributed by atoms with E-state index in [0.29, 0.717) is 10.6 Å².